The van der Waals surface area contributed by atoms with E-state index in [0.717, 1.165) is 11.1 Å². The van der Waals surface area contributed by atoms with E-state index in [9.17, 15) is 9.59 Å². The van der Waals surface area contributed by atoms with E-state index in [1.54, 1.807) is 24.3 Å². The number of ketones is 1. The molecule has 3 aromatic rings. The lowest BCUT2D eigenvalue weighted by Gasteiger charge is -2.15. The van der Waals surface area contributed by atoms with Crippen LogP contribution in [0, 0.1) is 0 Å². The largest absolute Gasteiger partial charge is 0.494 e. The monoisotopic (exact) mass is 401 g/mol. The number of hydrogen-bond acceptors (Lipinski definition) is 3. The molecule has 3 rings (SSSR count). The number of amides is 1. The zero-order valence-electron chi connectivity index (χ0n) is 17.4. The van der Waals surface area contributed by atoms with Crippen molar-refractivity contribution in [3.8, 4) is 16.9 Å². The van der Waals surface area contributed by atoms with Gasteiger partial charge in [-0.25, -0.2) is 0 Å². The smallest absolute Gasteiger partial charge is 0.220 e. The molecule has 0 spiro atoms. The van der Waals surface area contributed by atoms with E-state index < -0.39 is 0 Å². The first-order valence-corrected chi connectivity index (χ1v) is 10.2. The van der Waals surface area contributed by atoms with Crippen molar-refractivity contribution >= 4 is 11.7 Å². The predicted molar refractivity (Wildman–Crippen MR) is 120 cm³/mol. The summed E-state index contributed by atoms with van der Waals surface area (Å²) in [4.78, 5) is 23.5. The molecule has 0 heterocycles. The Labute approximate surface area is 177 Å². The molecule has 0 aromatic heterocycles. The van der Waals surface area contributed by atoms with Gasteiger partial charge >= 0.3 is 0 Å². The van der Waals surface area contributed by atoms with Crippen molar-refractivity contribution in [1.29, 1.82) is 0 Å². The van der Waals surface area contributed by atoms with Crippen molar-refractivity contribution < 1.29 is 14.3 Å². The number of ether oxygens (including phenoxy) is 1. The second kappa shape index (κ2) is 10.4. The summed E-state index contributed by atoms with van der Waals surface area (Å²) in [6.45, 7) is 3.97. The summed E-state index contributed by atoms with van der Waals surface area (Å²) < 4.78 is 5.64. The number of nitrogens with one attached hydrogen (secondary N) is 1. The van der Waals surface area contributed by atoms with E-state index >= 15 is 0 Å². The molecule has 0 unspecified atom stereocenters. The van der Waals surface area contributed by atoms with Crippen LogP contribution in [0.15, 0.2) is 78.9 Å². The van der Waals surface area contributed by atoms with Gasteiger partial charge in [0.2, 0.25) is 5.91 Å². The van der Waals surface area contributed by atoms with Crippen LogP contribution in [-0.2, 0) is 4.79 Å². The topological polar surface area (TPSA) is 55.4 Å². The Kier molecular flexibility index (Phi) is 7.39. The van der Waals surface area contributed by atoms with Crippen LogP contribution in [-0.4, -0.2) is 18.3 Å². The fraction of sp³-hybridized carbons (Fsp3) is 0.231. The van der Waals surface area contributed by atoms with Crippen LogP contribution in [0.4, 0.5) is 0 Å². The van der Waals surface area contributed by atoms with E-state index in [4.69, 9.17) is 4.74 Å². The summed E-state index contributed by atoms with van der Waals surface area (Å²) in [5.74, 6) is 0.736. The van der Waals surface area contributed by atoms with E-state index in [2.05, 4.69) is 41.7 Å². The van der Waals surface area contributed by atoms with Crippen molar-refractivity contribution in [2.45, 2.75) is 32.7 Å². The Bertz CT molecular complexity index is 963. The van der Waals surface area contributed by atoms with E-state index in [1.807, 2.05) is 25.1 Å². The lowest BCUT2D eigenvalue weighted by molar-refractivity contribution is -0.121. The maximum absolute atomic E-state index is 12.2. The first kappa shape index (κ1) is 21.3. The number of hydrogen-bond donors (Lipinski definition) is 1. The molecule has 0 aliphatic heterocycles. The van der Waals surface area contributed by atoms with Crippen LogP contribution in [0.25, 0.3) is 11.1 Å². The van der Waals surface area contributed by atoms with Crippen LogP contribution < -0.4 is 10.1 Å². The summed E-state index contributed by atoms with van der Waals surface area (Å²) >= 11 is 0. The lowest BCUT2D eigenvalue weighted by atomic mass is 10.0. The molecule has 1 amide bonds. The maximum Gasteiger partial charge on any atom is 0.220 e. The highest BCUT2D eigenvalue weighted by Crippen LogP contribution is 2.22. The van der Waals surface area contributed by atoms with Gasteiger partial charge < -0.3 is 10.1 Å². The molecule has 1 N–H and O–H groups in total. The third-order valence-corrected chi connectivity index (χ3v) is 4.97. The predicted octanol–water partition coefficient (Wildman–Crippen LogP) is 5.59. The molecule has 0 saturated heterocycles. The first-order valence-electron chi connectivity index (χ1n) is 10.2. The minimum atomic E-state index is -0.0534. The lowest BCUT2D eigenvalue weighted by Crippen LogP contribution is -2.26. The zero-order chi connectivity index (χ0) is 21.3. The molecule has 30 heavy (non-hydrogen) atoms. The first-order chi connectivity index (χ1) is 14.5. The Hall–Kier alpha value is -3.40. The van der Waals surface area contributed by atoms with Gasteiger partial charge in [-0.1, -0.05) is 54.6 Å². The molecule has 0 aliphatic carbocycles. The highest BCUT2D eigenvalue weighted by atomic mass is 16.5. The number of benzene rings is 3. The van der Waals surface area contributed by atoms with Crippen molar-refractivity contribution in [2.24, 2.45) is 0 Å². The van der Waals surface area contributed by atoms with E-state index in [0.29, 0.717) is 30.8 Å². The normalized spacial score (nSPS) is 11.5. The average Bonchev–Trinajstić information content (AvgIpc) is 2.77. The van der Waals surface area contributed by atoms with E-state index in [1.165, 1.54) is 12.5 Å². The number of carbonyl (C=O) groups excluding carboxylic acids is 2. The Morgan fingerprint density at radius 3 is 2.13 bits per heavy atom. The molecule has 4 heteroatoms. The van der Waals surface area contributed by atoms with Crippen LogP contribution in [0.3, 0.4) is 0 Å². The third-order valence-electron chi connectivity index (χ3n) is 4.97. The highest BCUT2D eigenvalue weighted by molar-refractivity contribution is 5.94. The summed E-state index contributed by atoms with van der Waals surface area (Å²) in [5.41, 5.74) is 4.07. The van der Waals surface area contributed by atoms with Crippen molar-refractivity contribution in [2.75, 3.05) is 6.61 Å². The molecule has 3 aromatic carbocycles. The van der Waals surface area contributed by atoms with Crippen LogP contribution in [0.2, 0.25) is 0 Å². The second-order valence-electron chi connectivity index (χ2n) is 7.31. The van der Waals surface area contributed by atoms with Crippen molar-refractivity contribution in [1.82, 2.24) is 5.32 Å². The Balaban J connectivity index is 1.41. The third kappa shape index (κ3) is 6.05. The summed E-state index contributed by atoms with van der Waals surface area (Å²) in [5, 5.41) is 3.04. The minimum absolute atomic E-state index is 0.00478. The molecule has 0 radical (unpaired) electrons. The van der Waals surface area contributed by atoms with Gasteiger partial charge in [0, 0.05) is 12.0 Å². The van der Waals surface area contributed by atoms with Gasteiger partial charge in [-0.3, -0.25) is 9.59 Å². The number of carbonyl (C=O) groups is 2. The molecule has 0 bridgehead atoms. The van der Waals surface area contributed by atoms with Crippen LogP contribution in [0.5, 0.6) is 5.75 Å². The highest BCUT2D eigenvalue weighted by Gasteiger charge is 2.10. The Morgan fingerprint density at radius 1 is 0.867 bits per heavy atom. The van der Waals surface area contributed by atoms with Crippen LogP contribution >= 0.6 is 0 Å². The minimum Gasteiger partial charge on any atom is -0.494 e. The van der Waals surface area contributed by atoms with Crippen molar-refractivity contribution in [3.63, 3.8) is 0 Å². The van der Waals surface area contributed by atoms with Gasteiger partial charge in [0.05, 0.1) is 12.6 Å². The van der Waals surface area contributed by atoms with Crippen LogP contribution in [0.1, 0.15) is 48.7 Å². The summed E-state index contributed by atoms with van der Waals surface area (Å²) in [7, 11) is 0. The van der Waals surface area contributed by atoms with Gasteiger partial charge in [-0.2, -0.15) is 0 Å². The van der Waals surface area contributed by atoms with Gasteiger partial charge in [-0.15, -0.1) is 0 Å². The fourth-order valence-corrected chi connectivity index (χ4v) is 3.20. The second-order valence-corrected chi connectivity index (χ2v) is 7.31. The molecular weight excluding hydrogens is 374 g/mol. The standard InChI is InChI=1S/C26H27NO3/c1-19(21-10-12-24(13-11-21)23-7-4-3-5-8-23)27-26(29)9-6-18-30-25-16-14-22(15-17-25)20(2)28/h3-5,7-8,10-17,19H,6,9,18H2,1-2H3,(H,27,29)/t19-/m1/s1. The van der Waals surface area contributed by atoms with Crippen molar-refractivity contribution in [3.05, 3.63) is 90.0 Å². The summed E-state index contributed by atoms with van der Waals surface area (Å²) in [6.07, 6.45) is 1.03. The fourth-order valence-electron chi connectivity index (χ4n) is 3.20. The SMILES string of the molecule is CC(=O)c1ccc(OCCCC(=O)N[C@H](C)c2ccc(-c3ccccc3)cc2)cc1. The Morgan fingerprint density at radius 2 is 1.50 bits per heavy atom. The number of Topliss-reactive ketones (excluding diaryl/α,β-unsaturated/α-hetero) is 1. The molecule has 1 atom stereocenters. The molecule has 0 saturated carbocycles. The van der Waals surface area contributed by atoms with Gasteiger partial charge in [0.15, 0.2) is 5.78 Å². The molecule has 0 aliphatic rings. The number of rotatable bonds is 9. The van der Waals surface area contributed by atoms with Gasteiger partial charge in [0.1, 0.15) is 5.75 Å². The van der Waals surface area contributed by atoms with Gasteiger partial charge in [0.25, 0.3) is 0 Å². The molecule has 4 nitrogen and oxygen atoms in total. The quantitative estimate of drug-likeness (QED) is 0.375. The molecule has 0 fully saturated rings. The van der Waals surface area contributed by atoms with Gasteiger partial charge in [-0.05, 0) is 61.2 Å². The van der Waals surface area contributed by atoms with E-state index in [-0.39, 0.29) is 17.7 Å². The molecular formula is C26H27NO3. The summed E-state index contributed by atoms with van der Waals surface area (Å²) in [6, 6.07) is 25.5. The maximum atomic E-state index is 12.2. The zero-order valence-corrected chi connectivity index (χ0v) is 17.4. The average molecular weight is 402 g/mol. The molecule has 154 valence electrons.